The third-order valence-electron chi connectivity index (χ3n) is 6.69. The van der Waals surface area contributed by atoms with Crippen LogP contribution in [0.2, 0.25) is 0 Å². The number of carbonyl (C=O) groups is 1. The monoisotopic (exact) mass is 412 g/mol. The molecule has 4 rings (SSSR count). The zero-order valence-corrected chi connectivity index (χ0v) is 18.7. The first-order valence-corrected chi connectivity index (χ1v) is 11.1. The van der Waals surface area contributed by atoms with Gasteiger partial charge in [0.15, 0.2) is 0 Å². The predicted molar refractivity (Wildman–Crippen MR) is 127 cm³/mol. The second kappa shape index (κ2) is 9.07. The van der Waals surface area contributed by atoms with E-state index in [4.69, 9.17) is 0 Å². The molecule has 0 N–H and O–H groups in total. The molecular weight excluding hydrogens is 380 g/mol. The molecule has 0 saturated carbocycles. The molecule has 3 aromatic carbocycles. The largest absolute Gasteiger partial charge is 0.340 e. The first-order chi connectivity index (χ1) is 15.0. The van der Waals surface area contributed by atoms with Crippen LogP contribution in [0.3, 0.4) is 0 Å². The maximum Gasteiger partial charge on any atom is 0.232 e. The van der Waals surface area contributed by atoms with Gasteiger partial charge in [0.05, 0.1) is 11.5 Å². The number of hydrogen-bond donors (Lipinski definition) is 0. The average molecular weight is 413 g/mol. The molecule has 0 aromatic heterocycles. The van der Waals surface area contributed by atoms with Gasteiger partial charge in [0.25, 0.3) is 0 Å². The van der Waals surface area contributed by atoms with E-state index in [-0.39, 0.29) is 11.9 Å². The second-order valence-electron chi connectivity index (χ2n) is 9.17. The molecule has 1 aliphatic heterocycles. The molecule has 1 amide bonds. The third kappa shape index (κ3) is 4.57. The Hall–Kier alpha value is -2.91. The maximum absolute atomic E-state index is 13.7. The van der Waals surface area contributed by atoms with Crippen LogP contribution in [0.15, 0.2) is 91.0 Å². The van der Waals surface area contributed by atoms with Gasteiger partial charge in [-0.15, -0.1) is 0 Å². The van der Waals surface area contributed by atoms with E-state index in [1.807, 2.05) is 44.0 Å². The Bertz CT molecular complexity index is 985. The normalized spacial score (nSPS) is 19.3. The highest BCUT2D eigenvalue weighted by atomic mass is 16.2. The van der Waals surface area contributed by atoms with Gasteiger partial charge in [0.1, 0.15) is 0 Å². The van der Waals surface area contributed by atoms with E-state index >= 15 is 0 Å². The van der Waals surface area contributed by atoms with Crippen LogP contribution in [0.1, 0.15) is 36.5 Å². The SMILES string of the molecule is CN(C(=O)C(C)(C)c1ccccc1)[C@@H]1CN(Cc2ccccc2)C[C@H]1c1ccccc1. The number of carbonyl (C=O) groups excluding carboxylic acids is 1. The molecule has 3 nitrogen and oxygen atoms in total. The summed E-state index contributed by atoms with van der Waals surface area (Å²) >= 11 is 0. The Labute approximate surface area is 186 Å². The van der Waals surface area contributed by atoms with Gasteiger partial charge in [-0.05, 0) is 30.5 Å². The van der Waals surface area contributed by atoms with Crippen molar-refractivity contribution in [1.82, 2.24) is 9.80 Å². The van der Waals surface area contributed by atoms with E-state index in [1.54, 1.807) is 0 Å². The lowest BCUT2D eigenvalue weighted by Gasteiger charge is -2.36. The van der Waals surface area contributed by atoms with Crippen molar-refractivity contribution in [3.05, 3.63) is 108 Å². The van der Waals surface area contributed by atoms with Crippen LogP contribution in [0.25, 0.3) is 0 Å². The zero-order chi connectivity index (χ0) is 21.8. The van der Waals surface area contributed by atoms with Crippen molar-refractivity contribution in [2.45, 2.75) is 37.8 Å². The van der Waals surface area contributed by atoms with E-state index in [0.717, 1.165) is 25.2 Å². The van der Waals surface area contributed by atoms with Gasteiger partial charge in [-0.25, -0.2) is 0 Å². The van der Waals surface area contributed by atoms with E-state index in [9.17, 15) is 4.79 Å². The molecule has 1 saturated heterocycles. The molecule has 0 unspecified atom stereocenters. The number of benzene rings is 3. The summed E-state index contributed by atoms with van der Waals surface area (Å²) < 4.78 is 0. The van der Waals surface area contributed by atoms with Gasteiger partial charge in [0.2, 0.25) is 5.91 Å². The standard InChI is InChI=1S/C28H32N2O/c1-28(2,24-17-11-6-12-18-24)27(31)29(3)26-21-30(19-22-13-7-4-8-14-22)20-25(26)23-15-9-5-10-16-23/h4-18,25-26H,19-21H2,1-3H3/t25-,26+/m0/s1. The van der Waals surface area contributed by atoms with Crippen LogP contribution in [0.5, 0.6) is 0 Å². The fourth-order valence-electron chi connectivity index (χ4n) is 4.83. The van der Waals surface area contributed by atoms with E-state index in [1.165, 1.54) is 11.1 Å². The second-order valence-corrected chi connectivity index (χ2v) is 9.17. The number of likely N-dealkylation sites (N-methyl/N-ethyl adjacent to an activating group) is 1. The van der Waals surface area contributed by atoms with Crippen LogP contribution in [-0.4, -0.2) is 41.9 Å². The first kappa shape index (κ1) is 21.3. The molecular formula is C28H32N2O. The van der Waals surface area contributed by atoms with Gasteiger partial charge in [0, 0.05) is 32.6 Å². The fourth-order valence-corrected chi connectivity index (χ4v) is 4.83. The summed E-state index contributed by atoms with van der Waals surface area (Å²) in [5.74, 6) is 0.469. The molecule has 31 heavy (non-hydrogen) atoms. The summed E-state index contributed by atoms with van der Waals surface area (Å²) in [7, 11) is 1.99. The number of hydrogen-bond acceptors (Lipinski definition) is 2. The van der Waals surface area contributed by atoms with Crippen LogP contribution in [-0.2, 0) is 16.8 Å². The molecule has 0 radical (unpaired) electrons. The highest BCUT2D eigenvalue weighted by Gasteiger charge is 2.42. The van der Waals surface area contributed by atoms with Crippen molar-refractivity contribution in [3.8, 4) is 0 Å². The van der Waals surface area contributed by atoms with Crippen LogP contribution >= 0.6 is 0 Å². The molecule has 3 heteroatoms. The summed E-state index contributed by atoms with van der Waals surface area (Å²) in [5.41, 5.74) is 3.11. The minimum atomic E-state index is -0.565. The summed E-state index contributed by atoms with van der Waals surface area (Å²) in [6.07, 6.45) is 0. The Morgan fingerprint density at radius 1 is 0.871 bits per heavy atom. The number of nitrogens with zero attached hydrogens (tertiary/aromatic N) is 2. The highest BCUT2D eigenvalue weighted by Crippen LogP contribution is 2.34. The molecule has 1 aliphatic rings. The molecule has 1 heterocycles. The van der Waals surface area contributed by atoms with Crippen LogP contribution < -0.4 is 0 Å². The molecule has 0 bridgehead atoms. The molecule has 0 spiro atoms. The van der Waals surface area contributed by atoms with Gasteiger partial charge in [-0.2, -0.15) is 0 Å². The Morgan fingerprint density at radius 3 is 2.03 bits per heavy atom. The Morgan fingerprint density at radius 2 is 1.42 bits per heavy atom. The van der Waals surface area contributed by atoms with Crippen molar-refractivity contribution in [2.24, 2.45) is 0 Å². The lowest BCUT2D eigenvalue weighted by Crippen LogP contribution is -2.48. The van der Waals surface area contributed by atoms with Crippen molar-refractivity contribution in [2.75, 3.05) is 20.1 Å². The third-order valence-corrected chi connectivity index (χ3v) is 6.69. The summed E-state index contributed by atoms with van der Waals surface area (Å²) in [4.78, 5) is 18.2. The van der Waals surface area contributed by atoms with Gasteiger partial charge in [-0.3, -0.25) is 9.69 Å². The number of amides is 1. The summed E-state index contributed by atoms with van der Waals surface area (Å²) in [5, 5.41) is 0. The number of likely N-dealkylation sites (tertiary alicyclic amines) is 1. The maximum atomic E-state index is 13.7. The quantitative estimate of drug-likeness (QED) is 0.563. The predicted octanol–water partition coefficient (Wildman–Crippen LogP) is 5.09. The van der Waals surface area contributed by atoms with E-state index in [2.05, 4.69) is 77.7 Å². The smallest absolute Gasteiger partial charge is 0.232 e. The van der Waals surface area contributed by atoms with Gasteiger partial charge in [-0.1, -0.05) is 91.0 Å². The van der Waals surface area contributed by atoms with Gasteiger partial charge >= 0.3 is 0 Å². The van der Waals surface area contributed by atoms with Crippen molar-refractivity contribution >= 4 is 5.91 Å². The van der Waals surface area contributed by atoms with Crippen molar-refractivity contribution in [3.63, 3.8) is 0 Å². The molecule has 1 fully saturated rings. The molecule has 2 atom stereocenters. The van der Waals surface area contributed by atoms with E-state index in [0.29, 0.717) is 5.92 Å². The van der Waals surface area contributed by atoms with E-state index < -0.39 is 5.41 Å². The first-order valence-electron chi connectivity index (χ1n) is 11.1. The van der Waals surface area contributed by atoms with Gasteiger partial charge < -0.3 is 4.90 Å². The highest BCUT2D eigenvalue weighted by molar-refractivity contribution is 5.87. The Balaban J connectivity index is 1.59. The van der Waals surface area contributed by atoms with Crippen molar-refractivity contribution in [1.29, 1.82) is 0 Å². The average Bonchev–Trinajstić information content (AvgIpc) is 3.23. The minimum Gasteiger partial charge on any atom is -0.340 e. The Kier molecular flexibility index (Phi) is 6.24. The molecule has 3 aromatic rings. The number of rotatable bonds is 6. The molecule has 0 aliphatic carbocycles. The lowest BCUT2D eigenvalue weighted by molar-refractivity contribution is -0.137. The topological polar surface area (TPSA) is 23.6 Å². The lowest BCUT2D eigenvalue weighted by atomic mass is 9.82. The fraction of sp³-hybridized carbons (Fsp3) is 0.321. The summed E-state index contributed by atoms with van der Waals surface area (Å²) in [6, 6.07) is 31.5. The van der Waals surface area contributed by atoms with Crippen LogP contribution in [0, 0.1) is 0 Å². The van der Waals surface area contributed by atoms with Crippen LogP contribution in [0.4, 0.5) is 0 Å². The minimum absolute atomic E-state index is 0.140. The summed E-state index contributed by atoms with van der Waals surface area (Å²) in [6.45, 7) is 6.81. The molecule has 160 valence electrons. The van der Waals surface area contributed by atoms with Crippen molar-refractivity contribution < 1.29 is 4.79 Å². The zero-order valence-electron chi connectivity index (χ0n) is 18.7.